The van der Waals surface area contributed by atoms with Gasteiger partial charge in [-0.25, -0.2) is 0 Å². The van der Waals surface area contributed by atoms with Crippen LogP contribution < -0.4 is 5.32 Å². The molecule has 1 atom stereocenters. The second kappa shape index (κ2) is 9.80. The maximum absolute atomic E-state index is 12.0. The molecule has 28 heavy (non-hydrogen) atoms. The summed E-state index contributed by atoms with van der Waals surface area (Å²) in [5.74, 6) is 0.390. The molecule has 1 aromatic heterocycles. The minimum Gasteiger partial charge on any atom is -0.348 e. The number of carbonyl (C=O) groups excluding carboxylic acids is 1. The molecule has 1 amide bonds. The number of carbonyl (C=O) groups is 1. The molecule has 1 fully saturated rings. The van der Waals surface area contributed by atoms with Crippen molar-refractivity contribution in [1.29, 1.82) is 0 Å². The SMILES string of the molecule is CC(C)NC(=O)c1cn(CCN2CCN(CC(C)c3ccccc3)CC2)nn1. The van der Waals surface area contributed by atoms with E-state index in [4.69, 9.17) is 0 Å². The van der Waals surface area contributed by atoms with Crippen LogP contribution in [-0.4, -0.2) is 76.0 Å². The molecule has 152 valence electrons. The molecule has 3 rings (SSSR count). The lowest BCUT2D eigenvalue weighted by molar-refractivity contribution is 0.0938. The van der Waals surface area contributed by atoms with E-state index in [1.807, 2.05) is 13.8 Å². The van der Waals surface area contributed by atoms with Gasteiger partial charge in [0.2, 0.25) is 0 Å². The van der Waals surface area contributed by atoms with Crippen LogP contribution in [0.25, 0.3) is 0 Å². The Bertz CT molecular complexity index is 736. The Hall–Kier alpha value is -2.25. The lowest BCUT2D eigenvalue weighted by Crippen LogP contribution is -2.48. The molecule has 0 radical (unpaired) electrons. The van der Waals surface area contributed by atoms with E-state index < -0.39 is 0 Å². The van der Waals surface area contributed by atoms with Crippen LogP contribution in [0.15, 0.2) is 36.5 Å². The summed E-state index contributed by atoms with van der Waals surface area (Å²) in [5.41, 5.74) is 1.79. The summed E-state index contributed by atoms with van der Waals surface area (Å²) in [5, 5.41) is 10.9. The van der Waals surface area contributed by atoms with Crippen LogP contribution in [0.2, 0.25) is 0 Å². The fourth-order valence-corrected chi connectivity index (χ4v) is 3.56. The zero-order chi connectivity index (χ0) is 19.9. The van der Waals surface area contributed by atoms with E-state index in [2.05, 4.69) is 62.7 Å². The Kier molecular flexibility index (Phi) is 7.17. The Morgan fingerprint density at radius 1 is 1.04 bits per heavy atom. The quantitative estimate of drug-likeness (QED) is 0.752. The summed E-state index contributed by atoms with van der Waals surface area (Å²) in [6.45, 7) is 13.3. The number of rotatable bonds is 8. The van der Waals surface area contributed by atoms with E-state index in [0.29, 0.717) is 11.6 Å². The number of hydrogen-bond donors (Lipinski definition) is 1. The molecule has 0 aliphatic carbocycles. The van der Waals surface area contributed by atoms with E-state index in [0.717, 1.165) is 45.8 Å². The Labute approximate surface area is 167 Å². The van der Waals surface area contributed by atoms with Gasteiger partial charge in [-0.1, -0.05) is 42.5 Å². The van der Waals surface area contributed by atoms with E-state index >= 15 is 0 Å². The van der Waals surface area contributed by atoms with Crippen LogP contribution >= 0.6 is 0 Å². The lowest BCUT2D eigenvalue weighted by Gasteiger charge is -2.36. The average molecular weight is 385 g/mol. The van der Waals surface area contributed by atoms with Gasteiger partial charge in [0.05, 0.1) is 12.7 Å². The fourth-order valence-electron chi connectivity index (χ4n) is 3.56. The molecule has 0 spiro atoms. The lowest BCUT2D eigenvalue weighted by atomic mass is 10.0. The largest absolute Gasteiger partial charge is 0.348 e. The minimum absolute atomic E-state index is 0.0959. The molecule has 1 aliphatic heterocycles. The molecular formula is C21H32N6O. The highest BCUT2D eigenvalue weighted by molar-refractivity contribution is 5.91. The summed E-state index contributed by atoms with van der Waals surface area (Å²) >= 11 is 0. The van der Waals surface area contributed by atoms with Crippen LogP contribution in [0, 0.1) is 0 Å². The number of nitrogens with one attached hydrogen (secondary N) is 1. The molecule has 2 heterocycles. The monoisotopic (exact) mass is 384 g/mol. The van der Waals surface area contributed by atoms with Crippen molar-refractivity contribution >= 4 is 5.91 Å². The van der Waals surface area contributed by atoms with Crippen molar-refractivity contribution in [3.63, 3.8) is 0 Å². The van der Waals surface area contributed by atoms with Gasteiger partial charge in [-0.3, -0.25) is 14.4 Å². The Balaban J connectivity index is 1.39. The second-order valence-electron chi connectivity index (χ2n) is 7.95. The summed E-state index contributed by atoms with van der Waals surface area (Å²) < 4.78 is 1.76. The van der Waals surface area contributed by atoms with E-state index in [1.54, 1.807) is 10.9 Å². The first-order valence-electron chi connectivity index (χ1n) is 10.2. The third kappa shape index (κ3) is 5.87. The van der Waals surface area contributed by atoms with Crippen molar-refractivity contribution < 1.29 is 4.79 Å². The van der Waals surface area contributed by atoms with Crippen LogP contribution in [0.5, 0.6) is 0 Å². The molecule has 1 unspecified atom stereocenters. The maximum atomic E-state index is 12.0. The van der Waals surface area contributed by atoms with Gasteiger partial charge in [0, 0.05) is 45.3 Å². The molecule has 0 saturated carbocycles. The second-order valence-corrected chi connectivity index (χ2v) is 7.95. The first-order valence-corrected chi connectivity index (χ1v) is 10.2. The van der Waals surface area contributed by atoms with Gasteiger partial charge in [-0.15, -0.1) is 5.10 Å². The molecular weight excluding hydrogens is 352 g/mol. The standard InChI is InChI=1S/C21H32N6O/c1-17(2)22-21(28)20-16-27(24-23-20)14-13-25-9-11-26(12-10-25)15-18(3)19-7-5-4-6-8-19/h4-8,16-18H,9-15H2,1-3H3,(H,22,28). The highest BCUT2D eigenvalue weighted by Crippen LogP contribution is 2.17. The van der Waals surface area contributed by atoms with Crippen LogP contribution in [0.3, 0.4) is 0 Å². The predicted molar refractivity (Wildman–Crippen MR) is 110 cm³/mol. The van der Waals surface area contributed by atoms with Gasteiger partial charge in [0.25, 0.3) is 5.91 Å². The van der Waals surface area contributed by atoms with Gasteiger partial charge in [-0.2, -0.15) is 0 Å². The molecule has 1 aromatic carbocycles. The van der Waals surface area contributed by atoms with Gasteiger partial charge >= 0.3 is 0 Å². The highest BCUT2D eigenvalue weighted by Gasteiger charge is 2.19. The van der Waals surface area contributed by atoms with E-state index in [-0.39, 0.29) is 11.9 Å². The van der Waals surface area contributed by atoms with Crippen molar-refractivity contribution in [1.82, 2.24) is 30.1 Å². The molecule has 2 aromatic rings. The summed E-state index contributed by atoms with van der Waals surface area (Å²) in [6.07, 6.45) is 1.73. The predicted octanol–water partition coefficient (Wildman–Crippen LogP) is 1.84. The van der Waals surface area contributed by atoms with E-state index in [1.165, 1.54) is 5.56 Å². The molecule has 7 heteroatoms. The third-order valence-corrected chi connectivity index (χ3v) is 5.20. The summed E-state index contributed by atoms with van der Waals surface area (Å²) in [7, 11) is 0. The first-order chi connectivity index (χ1) is 13.5. The van der Waals surface area contributed by atoms with E-state index in [9.17, 15) is 4.79 Å². The smallest absolute Gasteiger partial charge is 0.273 e. The average Bonchev–Trinajstić information content (AvgIpc) is 3.17. The normalized spacial score (nSPS) is 17.0. The minimum atomic E-state index is -0.164. The zero-order valence-electron chi connectivity index (χ0n) is 17.2. The van der Waals surface area contributed by atoms with Crippen molar-refractivity contribution in [3.8, 4) is 0 Å². The Morgan fingerprint density at radius 3 is 2.39 bits per heavy atom. The molecule has 1 saturated heterocycles. The zero-order valence-corrected chi connectivity index (χ0v) is 17.2. The Morgan fingerprint density at radius 2 is 1.71 bits per heavy atom. The fraction of sp³-hybridized carbons (Fsp3) is 0.571. The molecule has 7 nitrogen and oxygen atoms in total. The van der Waals surface area contributed by atoms with Gasteiger partial charge < -0.3 is 10.2 Å². The topological polar surface area (TPSA) is 66.3 Å². The molecule has 1 aliphatic rings. The van der Waals surface area contributed by atoms with Crippen LogP contribution in [0.1, 0.15) is 42.7 Å². The van der Waals surface area contributed by atoms with Crippen molar-refractivity contribution in [2.75, 3.05) is 39.3 Å². The third-order valence-electron chi connectivity index (χ3n) is 5.20. The number of benzene rings is 1. The maximum Gasteiger partial charge on any atom is 0.273 e. The van der Waals surface area contributed by atoms with Crippen LogP contribution in [0.4, 0.5) is 0 Å². The summed E-state index contributed by atoms with van der Waals surface area (Å²) in [6, 6.07) is 10.8. The number of hydrogen-bond acceptors (Lipinski definition) is 5. The van der Waals surface area contributed by atoms with Gasteiger partial charge in [0.1, 0.15) is 0 Å². The van der Waals surface area contributed by atoms with Crippen molar-refractivity contribution in [2.45, 2.75) is 39.3 Å². The highest BCUT2D eigenvalue weighted by atomic mass is 16.2. The number of piperazine rings is 1. The van der Waals surface area contributed by atoms with Crippen LogP contribution in [-0.2, 0) is 6.54 Å². The van der Waals surface area contributed by atoms with Crippen molar-refractivity contribution in [3.05, 3.63) is 47.8 Å². The number of amides is 1. The van der Waals surface area contributed by atoms with Crippen molar-refractivity contribution in [2.24, 2.45) is 0 Å². The summed E-state index contributed by atoms with van der Waals surface area (Å²) in [4.78, 5) is 17.0. The van der Waals surface area contributed by atoms with Gasteiger partial charge in [-0.05, 0) is 25.3 Å². The number of nitrogens with zero attached hydrogens (tertiary/aromatic N) is 5. The number of aromatic nitrogens is 3. The first kappa shape index (κ1) is 20.5. The molecule has 0 bridgehead atoms. The van der Waals surface area contributed by atoms with Gasteiger partial charge in [0.15, 0.2) is 5.69 Å². The molecule has 1 N–H and O–H groups in total.